The van der Waals surface area contributed by atoms with Gasteiger partial charge in [-0.1, -0.05) is 6.08 Å². The topological polar surface area (TPSA) is 132 Å². The number of esters is 5. The molecule has 0 radical (unpaired) electrons. The molecule has 1 aliphatic rings. The Kier molecular flexibility index (Phi) is 9.73. The number of cyclic esters (lactones) is 1. The van der Waals surface area contributed by atoms with Gasteiger partial charge in [0.1, 0.15) is 12.2 Å². The maximum atomic E-state index is 11.7. The van der Waals surface area contributed by atoms with Crippen molar-refractivity contribution in [1.29, 1.82) is 0 Å². The fraction of sp³-hybridized carbons (Fsp3) is 0.550. The maximum Gasteiger partial charge on any atom is 0.331 e. The van der Waals surface area contributed by atoms with E-state index in [1.165, 1.54) is 25.2 Å². The van der Waals surface area contributed by atoms with E-state index in [0.717, 1.165) is 27.7 Å². The van der Waals surface area contributed by atoms with Gasteiger partial charge in [-0.2, -0.15) is 0 Å². The van der Waals surface area contributed by atoms with Gasteiger partial charge in [0.2, 0.25) is 0 Å². The molecule has 0 spiro atoms. The van der Waals surface area contributed by atoms with Crippen molar-refractivity contribution in [2.24, 2.45) is 0 Å². The van der Waals surface area contributed by atoms with Crippen molar-refractivity contribution in [1.82, 2.24) is 0 Å². The summed E-state index contributed by atoms with van der Waals surface area (Å²) in [5.41, 5.74) is 0. The van der Waals surface area contributed by atoms with E-state index in [1.807, 2.05) is 0 Å². The second-order valence-corrected chi connectivity index (χ2v) is 6.54. The zero-order chi connectivity index (χ0) is 22.8. The van der Waals surface area contributed by atoms with Crippen molar-refractivity contribution < 1.29 is 47.7 Å². The van der Waals surface area contributed by atoms with Crippen LogP contribution in [-0.4, -0.2) is 60.4 Å². The van der Waals surface area contributed by atoms with E-state index in [-0.39, 0.29) is 0 Å². The molecule has 0 aromatic heterocycles. The third kappa shape index (κ3) is 8.89. The fourth-order valence-electron chi connectivity index (χ4n) is 2.76. The summed E-state index contributed by atoms with van der Waals surface area (Å²) in [7, 11) is 0. The number of hydrogen-bond acceptors (Lipinski definition) is 10. The molecule has 0 amide bonds. The summed E-state index contributed by atoms with van der Waals surface area (Å²) in [6.07, 6.45) is 0.629. The van der Waals surface area contributed by atoms with Gasteiger partial charge in [0.05, 0.1) is 0 Å². The third-order valence-electron chi connectivity index (χ3n) is 3.77. The molecule has 0 aromatic rings. The Morgan fingerprint density at radius 2 is 1.47 bits per heavy atom. The van der Waals surface area contributed by atoms with E-state index >= 15 is 0 Å². The molecular weight excluding hydrogens is 400 g/mol. The monoisotopic (exact) mass is 426 g/mol. The number of carbonyl (C=O) groups excluding carboxylic acids is 5. The second-order valence-electron chi connectivity index (χ2n) is 6.54. The molecule has 0 aromatic carbocycles. The lowest BCUT2D eigenvalue weighted by atomic mass is 10.0. The van der Waals surface area contributed by atoms with Crippen LogP contribution in [0.3, 0.4) is 0 Å². The minimum atomic E-state index is -1.34. The molecule has 0 unspecified atom stereocenters. The average Bonchev–Trinajstić information content (AvgIpc) is 2.60. The Bertz CT molecular complexity index is 723. The van der Waals surface area contributed by atoms with Gasteiger partial charge in [-0.25, -0.2) is 4.79 Å². The zero-order valence-corrected chi connectivity index (χ0v) is 17.5. The SMILES string of the molecule is CC(=O)O[C@H]([C@@H](OC(C)=O)[C@@H](/C=C/[C@H]1CC=CC(=O)O1)OC(C)=O)[C@H](C)OC(C)=O. The van der Waals surface area contributed by atoms with Crippen LogP contribution in [0.15, 0.2) is 24.3 Å². The van der Waals surface area contributed by atoms with Gasteiger partial charge >= 0.3 is 29.8 Å². The lowest BCUT2D eigenvalue weighted by Crippen LogP contribution is -2.50. The van der Waals surface area contributed by atoms with Crippen LogP contribution in [0, 0.1) is 0 Å². The molecule has 1 heterocycles. The first-order chi connectivity index (χ1) is 14.0. The van der Waals surface area contributed by atoms with Crippen molar-refractivity contribution in [3.8, 4) is 0 Å². The molecule has 0 fully saturated rings. The first kappa shape index (κ1) is 24.9. The molecule has 0 saturated heterocycles. The molecule has 10 heteroatoms. The first-order valence-electron chi connectivity index (χ1n) is 9.24. The normalized spacial score (nSPS) is 19.8. The van der Waals surface area contributed by atoms with Crippen molar-refractivity contribution in [3.05, 3.63) is 24.3 Å². The van der Waals surface area contributed by atoms with Gasteiger partial charge in [0, 0.05) is 40.2 Å². The van der Waals surface area contributed by atoms with Crippen LogP contribution in [0.1, 0.15) is 41.0 Å². The largest absolute Gasteiger partial charge is 0.459 e. The molecule has 1 aliphatic heterocycles. The van der Waals surface area contributed by atoms with E-state index in [0.29, 0.717) is 6.42 Å². The van der Waals surface area contributed by atoms with Crippen LogP contribution in [0.2, 0.25) is 0 Å². The van der Waals surface area contributed by atoms with Crippen LogP contribution in [-0.2, 0) is 47.7 Å². The van der Waals surface area contributed by atoms with Crippen LogP contribution in [0.5, 0.6) is 0 Å². The molecule has 0 saturated carbocycles. The van der Waals surface area contributed by atoms with Crippen LogP contribution in [0.25, 0.3) is 0 Å². The highest BCUT2D eigenvalue weighted by Gasteiger charge is 2.40. The van der Waals surface area contributed by atoms with Crippen LogP contribution < -0.4 is 0 Å². The minimum Gasteiger partial charge on any atom is -0.459 e. The smallest absolute Gasteiger partial charge is 0.331 e. The lowest BCUT2D eigenvalue weighted by molar-refractivity contribution is -0.193. The van der Waals surface area contributed by atoms with Crippen LogP contribution >= 0.6 is 0 Å². The molecule has 0 aliphatic carbocycles. The molecule has 5 atom stereocenters. The average molecular weight is 426 g/mol. The highest BCUT2D eigenvalue weighted by molar-refractivity contribution is 5.83. The molecule has 30 heavy (non-hydrogen) atoms. The molecule has 0 N–H and O–H groups in total. The van der Waals surface area contributed by atoms with Crippen molar-refractivity contribution in [2.75, 3.05) is 0 Å². The van der Waals surface area contributed by atoms with Crippen molar-refractivity contribution >= 4 is 29.8 Å². The highest BCUT2D eigenvalue weighted by atomic mass is 16.6. The third-order valence-corrected chi connectivity index (χ3v) is 3.77. The molecule has 0 bridgehead atoms. The minimum absolute atomic E-state index is 0.393. The molecule has 166 valence electrons. The highest BCUT2D eigenvalue weighted by Crippen LogP contribution is 2.21. The Labute approximate surface area is 174 Å². The Hall–Kier alpha value is -3.17. The summed E-state index contributed by atoms with van der Waals surface area (Å²) < 4.78 is 26.0. The Balaban J connectivity index is 3.26. The summed E-state index contributed by atoms with van der Waals surface area (Å²) in [4.78, 5) is 57.8. The van der Waals surface area contributed by atoms with Crippen LogP contribution in [0.4, 0.5) is 0 Å². The summed E-state index contributed by atoms with van der Waals surface area (Å²) in [5.74, 6) is -3.36. The number of ether oxygens (including phenoxy) is 5. The van der Waals surface area contributed by atoms with Crippen molar-refractivity contribution in [3.63, 3.8) is 0 Å². The van der Waals surface area contributed by atoms with E-state index in [2.05, 4.69) is 0 Å². The van der Waals surface area contributed by atoms with E-state index in [4.69, 9.17) is 23.7 Å². The van der Waals surface area contributed by atoms with Crippen molar-refractivity contribution in [2.45, 2.75) is 71.6 Å². The zero-order valence-electron chi connectivity index (χ0n) is 17.5. The predicted octanol–water partition coefficient (Wildman–Crippen LogP) is 1.16. The Morgan fingerprint density at radius 1 is 0.933 bits per heavy atom. The first-order valence-corrected chi connectivity index (χ1v) is 9.24. The number of carbonyl (C=O) groups is 5. The van der Waals surface area contributed by atoms with Gasteiger partial charge in [0.15, 0.2) is 18.3 Å². The summed E-state index contributed by atoms with van der Waals surface area (Å²) >= 11 is 0. The molecule has 10 nitrogen and oxygen atoms in total. The number of hydrogen-bond donors (Lipinski definition) is 0. The summed E-state index contributed by atoms with van der Waals surface area (Å²) in [5, 5.41) is 0. The fourth-order valence-corrected chi connectivity index (χ4v) is 2.76. The van der Waals surface area contributed by atoms with E-state index in [1.54, 1.807) is 6.08 Å². The van der Waals surface area contributed by atoms with Gasteiger partial charge in [0.25, 0.3) is 0 Å². The van der Waals surface area contributed by atoms with Gasteiger partial charge in [-0.3, -0.25) is 19.2 Å². The van der Waals surface area contributed by atoms with Gasteiger partial charge in [-0.05, 0) is 19.1 Å². The quantitative estimate of drug-likeness (QED) is 0.300. The lowest BCUT2D eigenvalue weighted by Gasteiger charge is -2.33. The maximum absolute atomic E-state index is 11.7. The Morgan fingerprint density at radius 3 is 1.97 bits per heavy atom. The summed E-state index contributed by atoms with van der Waals surface area (Å²) in [6.45, 7) is 6.00. The molecule has 1 rings (SSSR count). The molecular formula is C20H26O10. The number of rotatable bonds is 9. The summed E-state index contributed by atoms with van der Waals surface area (Å²) in [6, 6.07) is 0. The standard InChI is InChI=1S/C20H26O10/c1-11(26-12(2)21)19(28-14(4)23)20(29-15(5)24)17(27-13(3)22)10-9-16-7-6-8-18(25)30-16/h6,8-11,16-17,19-20H,7H2,1-5H3/b10-9+/t11-,16+,17+,19-,20-/m0/s1. The van der Waals surface area contributed by atoms with E-state index < -0.39 is 60.4 Å². The van der Waals surface area contributed by atoms with Gasteiger partial charge in [-0.15, -0.1) is 0 Å². The van der Waals surface area contributed by atoms with Gasteiger partial charge < -0.3 is 23.7 Å². The second kappa shape index (κ2) is 11.7. The predicted molar refractivity (Wildman–Crippen MR) is 101 cm³/mol. The van der Waals surface area contributed by atoms with E-state index in [9.17, 15) is 24.0 Å².